The molecule has 0 spiro atoms. The summed E-state index contributed by atoms with van der Waals surface area (Å²) in [4.78, 5) is 11.5. The van der Waals surface area contributed by atoms with E-state index < -0.39 is 0 Å². The molecule has 7 heteroatoms. The van der Waals surface area contributed by atoms with Crippen LogP contribution in [-0.2, 0) is 16.1 Å². The third kappa shape index (κ3) is 6.58. The van der Waals surface area contributed by atoms with E-state index in [0.29, 0.717) is 18.9 Å². The Morgan fingerprint density at radius 3 is 3.00 bits per heavy atom. The standard InChI is InChI=1S/C14H18BrN3O3/c1-20-8-7-17-9-11-3-2-4-12(15)14(11)21-10-13(19)18-6-5-16/h2-4,17H,6-10H2,1H3,(H,18,19). The Morgan fingerprint density at radius 2 is 2.29 bits per heavy atom. The van der Waals surface area contributed by atoms with Gasteiger partial charge in [0.25, 0.3) is 5.91 Å². The van der Waals surface area contributed by atoms with Crippen molar-refractivity contribution in [2.75, 3.05) is 33.4 Å². The summed E-state index contributed by atoms with van der Waals surface area (Å²) in [5.74, 6) is 0.292. The normalized spacial score (nSPS) is 9.95. The molecule has 1 aromatic rings. The van der Waals surface area contributed by atoms with Crippen LogP contribution in [0.2, 0.25) is 0 Å². The fourth-order valence-electron chi connectivity index (χ4n) is 1.58. The average molecular weight is 356 g/mol. The van der Waals surface area contributed by atoms with Gasteiger partial charge >= 0.3 is 0 Å². The fourth-order valence-corrected chi connectivity index (χ4v) is 2.10. The summed E-state index contributed by atoms with van der Waals surface area (Å²) >= 11 is 3.41. The van der Waals surface area contributed by atoms with Crippen LogP contribution in [0.25, 0.3) is 0 Å². The molecule has 1 amide bonds. The second-order valence-corrected chi connectivity index (χ2v) is 4.98. The predicted octanol–water partition coefficient (Wildman–Crippen LogP) is 1.20. The largest absolute Gasteiger partial charge is 0.482 e. The van der Waals surface area contributed by atoms with Gasteiger partial charge in [-0.2, -0.15) is 5.26 Å². The van der Waals surface area contributed by atoms with Crippen LogP contribution in [0.3, 0.4) is 0 Å². The van der Waals surface area contributed by atoms with E-state index in [2.05, 4.69) is 26.6 Å². The topological polar surface area (TPSA) is 83.4 Å². The molecule has 0 aliphatic rings. The van der Waals surface area contributed by atoms with Gasteiger partial charge in [-0.25, -0.2) is 0 Å². The van der Waals surface area contributed by atoms with Gasteiger partial charge in [-0.15, -0.1) is 0 Å². The lowest BCUT2D eigenvalue weighted by Gasteiger charge is -2.13. The molecule has 1 aromatic carbocycles. The number of rotatable bonds is 9. The van der Waals surface area contributed by atoms with E-state index in [4.69, 9.17) is 14.7 Å². The number of para-hydroxylation sites is 1. The van der Waals surface area contributed by atoms with Crippen LogP contribution in [0.4, 0.5) is 0 Å². The Kier molecular flexibility index (Phi) is 8.43. The monoisotopic (exact) mass is 355 g/mol. The molecule has 0 fully saturated rings. The Hall–Kier alpha value is -1.62. The molecule has 0 bridgehead atoms. The molecule has 0 aliphatic heterocycles. The summed E-state index contributed by atoms with van der Waals surface area (Å²) in [7, 11) is 1.65. The van der Waals surface area contributed by atoms with Crippen molar-refractivity contribution in [3.05, 3.63) is 28.2 Å². The zero-order chi connectivity index (χ0) is 15.5. The van der Waals surface area contributed by atoms with E-state index in [1.807, 2.05) is 24.3 Å². The first-order chi connectivity index (χ1) is 10.2. The SMILES string of the molecule is COCCNCc1cccc(Br)c1OCC(=O)NCC#N. The molecule has 0 radical (unpaired) electrons. The Balaban J connectivity index is 2.58. The van der Waals surface area contributed by atoms with Crippen molar-refractivity contribution in [1.82, 2.24) is 10.6 Å². The van der Waals surface area contributed by atoms with Gasteiger partial charge in [-0.3, -0.25) is 4.79 Å². The number of hydrogen-bond acceptors (Lipinski definition) is 5. The Bertz CT molecular complexity index is 503. The number of carbonyl (C=O) groups excluding carboxylic acids is 1. The van der Waals surface area contributed by atoms with E-state index in [1.165, 1.54) is 0 Å². The van der Waals surface area contributed by atoms with Crippen LogP contribution in [0.15, 0.2) is 22.7 Å². The molecule has 0 saturated carbocycles. The zero-order valence-corrected chi connectivity index (χ0v) is 13.4. The number of nitriles is 1. The van der Waals surface area contributed by atoms with Crippen LogP contribution in [0, 0.1) is 11.3 Å². The first kappa shape index (κ1) is 17.4. The molecular weight excluding hydrogens is 338 g/mol. The minimum atomic E-state index is -0.328. The zero-order valence-electron chi connectivity index (χ0n) is 11.8. The van der Waals surface area contributed by atoms with Gasteiger partial charge in [0.05, 0.1) is 17.1 Å². The number of nitrogens with one attached hydrogen (secondary N) is 2. The van der Waals surface area contributed by atoms with Crippen LogP contribution in [-0.4, -0.2) is 39.3 Å². The molecule has 0 unspecified atom stereocenters. The molecule has 21 heavy (non-hydrogen) atoms. The van der Waals surface area contributed by atoms with Gasteiger partial charge in [0.2, 0.25) is 0 Å². The second kappa shape index (κ2) is 10.2. The molecule has 2 N–H and O–H groups in total. The number of halogens is 1. The summed E-state index contributed by atoms with van der Waals surface area (Å²) in [5.41, 5.74) is 0.938. The molecule has 0 aliphatic carbocycles. The summed E-state index contributed by atoms with van der Waals surface area (Å²) < 4.78 is 11.3. The predicted molar refractivity (Wildman–Crippen MR) is 81.8 cm³/mol. The van der Waals surface area contributed by atoms with E-state index in [9.17, 15) is 4.79 Å². The van der Waals surface area contributed by atoms with Crippen molar-refractivity contribution >= 4 is 21.8 Å². The molecular formula is C14H18BrN3O3. The second-order valence-electron chi connectivity index (χ2n) is 4.12. The maximum atomic E-state index is 11.5. The number of amides is 1. The molecule has 0 aromatic heterocycles. The first-order valence-corrected chi connectivity index (χ1v) is 7.21. The van der Waals surface area contributed by atoms with Crippen molar-refractivity contribution < 1.29 is 14.3 Å². The van der Waals surface area contributed by atoms with Crippen LogP contribution >= 0.6 is 15.9 Å². The fraction of sp³-hybridized carbons (Fsp3) is 0.429. The van der Waals surface area contributed by atoms with E-state index in [1.54, 1.807) is 7.11 Å². The minimum absolute atomic E-state index is 0.0242. The van der Waals surface area contributed by atoms with Gasteiger partial charge in [-0.1, -0.05) is 12.1 Å². The molecule has 0 atom stereocenters. The highest BCUT2D eigenvalue weighted by atomic mass is 79.9. The van der Waals surface area contributed by atoms with Crippen molar-refractivity contribution in [3.8, 4) is 11.8 Å². The maximum absolute atomic E-state index is 11.5. The van der Waals surface area contributed by atoms with Crippen molar-refractivity contribution in [2.24, 2.45) is 0 Å². The molecule has 6 nitrogen and oxygen atoms in total. The number of nitrogens with zero attached hydrogens (tertiary/aromatic N) is 1. The lowest BCUT2D eigenvalue weighted by Crippen LogP contribution is -2.29. The van der Waals surface area contributed by atoms with Crippen molar-refractivity contribution in [1.29, 1.82) is 5.26 Å². The first-order valence-electron chi connectivity index (χ1n) is 6.42. The van der Waals surface area contributed by atoms with Crippen molar-refractivity contribution in [3.63, 3.8) is 0 Å². The Labute approximate surface area is 132 Å². The number of hydrogen-bond donors (Lipinski definition) is 2. The van der Waals surface area contributed by atoms with E-state index in [0.717, 1.165) is 16.6 Å². The van der Waals surface area contributed by atoms with Crippen LogP contribution in [0.5, 0.6) is 5.75 Å². The number of carbonyl (C=O) groups is 1. The van der Waals surface area contributed by atoms with Crippen LogP contribution < -0.4 is 15.4 Å². The lowest BCUT2D eigenvalue weighted by molar-refractivity contribution is -0.122. The van der Waals surface area contributed by atoms with Gasteiger partial charge in [0.15, 0.2) is 6.61 Å². The molecule has 1 rings (SSSR count). The quantitative estimate of drug-likeness (QED) is 0.513. The lowest BCUT2D eigenvalue weighted by atomic mass is 10.2. The van der Waals surface area contributed by atoms with Crippen molar-refractivity contribution in [2.45, 2.75) is 6.54 Å². The molecule has 0 saturated heterocycles. The molecule has 0 heterocycles. The summed E-state index contributed by atoms with van der Waals surface area (Å²) in [6.45, 7) is 1.81. The number of ether oxygens (including phenoxy) is 2. The summed E-state index contributed by atoms with van der Waals surface area (Å²) in [5, 5.41) is 14.0. The van der Waals surface area contributed by atoms with Crippen LogP contribution in [0.1, 0.15) is 5.56 Å². The highest BCUT2D eigenvalue weighted by Crippen LogP contribution is 2.29. The number of methoxy groups -OCH3 is 1. The summed E-state index contributed by atoms with van der Waals surface area (Å²) in [6.07, 6.45) is 0. The summed E-state index contributed by atoms with van der Waals surface area (Å²) in [6, 6.07) is 7.52. The van der Waals surface area contributed by atoms with Gasteiger partial charge in [-0.05, 0) is 22.0 Å². The highest BCUT2D eigenvalue weighted by Gasteiger charge is 2.10. The maximum Gasteiger partial charge on any atom is 0.258 e. The molecule has 114 valence electrons. The van der Waals surface area contributed by atoms with Gasteiger partial charge < -0.3 is 20.1 Å². The number of benzene rings is 1. The third-order valence-corrected chi connectivity index (χ3v) is 3.18. The Morgan fingerprint density at radius 1 is 1.48 bits per heavy atom. The smallest absolute Gasteiger partial charge is 0.258 e. The minimum Gasteiger partial charge on any atom is -0.482 e. The highest BCUT2D eigenvalue weighted by molar-refractivity contribution is 9.10. The van der Waals surface area contributed by atoms with Gasteiger partial charge in [0.1, 0.15) is 12.3 Å². The average Bonchev–Trinajstić information content (AvgIpc) is 2.48. The third-order valence-electron chi connectivity index (χ3n) is 2.56. The van der Waals surface area contributed by atoms with Gasteiger partial charge in [0, 0.05) is 25.8 Å². The van der Waals surface area contributed by atoms with E-state index in [-0.39, 0.29) is 19.1 Å². The van der Waals surface area contributed by atoms with E-state index >= 15 is 0 Å².